The van der Waals surface area contributed by atoms with Gasteiger partial charge in [0.15, 0.2) is 0 Å². The van der Waals surface area contributed by atoms with Gasteiger partial charge in [0.25, 0.3) is 5.91 Å². The highest BCUT2D eigenvalue weighted by Crippen LogP contribution is 2.12. The van der Waals surface area contributed by atoms with Crippen molar-refractivity contribution in [1.29, 1.82) is 0 Å². The van der Waals surface area contributed by atoms with E-state index in [0.29, 0.717) is 5.69 Å². The summed E-state index contributed by atoms with van der Waals surface area (Å²) in [4.78, 5) is 32.4. The zero-order chi connectivity index (χ0) is 19.2. The summed E-state index contributed by atoms with van der Waals surface area (Å²) in [5.74, 6) is -0.523. The van der Waals surface area contributed by atoms with E-state index in [1.165, 1.54) is 0 Å². The molecule has 1 aliphatic rings. The van der Waals surface area contributed by atoms with Crippen LogP contribution in [0.3, 0.4) is 0 Å². The summed E-state index contributed by atoms with van der Waals surface area (Å²) in [5.41, 5.74) is 8.29. The maximum Gasteiger partial charge on any atom is 0.252 e. The molecule has 0 aliphatic carbocycles. The van der Waals surface area contributed by atoms with Crippen molar-refractivity contribution >= 4 is 35.1 Å². The fourth-order valence-corrected chi connectivity index (χ4v) is 2.55. The molecule has 1 atom stereocenters. The summed E-state index contributed by atoms with van der Waals surface area (Å²) in [5, 5.41) is 8.17. The molecule has 1 aliphatic heterocycles. The molecule has 0 spiro atoms. The maximum atomic E-state index is 12.2. The highest BCUT2D eigenvalue weighted by molar-refractivity contribution is 6.11. The lowest BCUT2D eigenvalue weighted by molar-refractivity contribution is -0.123. The number of carbonyl (C=O) groups is 2. The van der Waals surface area contributed by atoms with Crippen LogP contribution in [0, 0.1) is 6.92 Å². The molecule has 0 bridgehead atoms. The number of benzene rings is 2. The molecule has 0 saturated carbocycles. The lowest BCUT2D eigenvalue weighted by atomic mass is 10.2. The Kier molecular flexibility index (Phi) is 5.46. The summed E-state index contributed by atoms with van der Waals surface area (Å²) >= 11 is 0. The first-order valence-electron chi connectivity index (χ1n) is 8.41. The molecule has 3 rings (SSSR count). The van der Waals surface area contributed by atoms with Crippen LogP contribution in [0.2, 0.25) is 0 Å². The minimum Gasteiger partial charge on any atom is -0.369 e. The molecule has 8 nitrogen and oxygen atoms in total. The average molecular weight is 364 g/mol. The Morgan fingerprint density at radius 2 is 1.89 bits per heavy atom. The van der Waals surface area contributed by atoms with Crippen LogP contribution in [0.4, 0.5) is 11.4 Å². The van der Waals surface area contributed by atoms with E-state index < -0.39 is 6.04 Å². The van der Waals surface area contributed by atoms with E-state index in [2.05, 4.69) is 25.9 Å². The van der Waals surface area contributed by atoms with Crippen LogP contribution < -0.4 is 21.7 Å². The summed E-state index contributed by atoms with van der Waals surface area (Å²) in [6.45, 7) is 1.93. The Balaban J connectivity index is 1.60. The molecule has 27 heavy (non-hydrogen) atoms. The monoisotopic (exact) mass is 364 g/mol. The summed E-state index contributed by atoms with van der Waals surface area (Å²) in [6.07, 6.45) is -0.0786. The normalized spacial score (nSPS) is 16.5. The minimum absolute atomic E-state index is 0.0780. The van der Waals surface area contributed by atoms with Crippen LogP contribution in [0.5, 0.6) is 0 Å². The average Bonchev–Trinajstić information content (AvgIpc) is 2.94. The molecule has 138 valence electrons. The number of nitrogens with one attached hydrogen (secondary N) is 3. The van der Waals surface area contributed by atoms with Crippen molar-refractivity contribution in [3.8, 4) is 0 Å². The van der Waals surface area contributed by atoms with Gasteiger partial charge in [-0.1, -0.05) is 30.3 Å². The van der Waals surface area contributed by atoms with E-state index in [1.54, 1.807) is 6.07 Å². The first-order valence-corrected chi connectivity index (χ1v) is 8.41. The fourth-order valence-electron chi connectivity index (χ4n) is 2.55. The maximum absolute atomic E-state index is 12.2. The fraction of sp³-hybridized carbons (Fsp3) is 0.158. The van der Waals surface area contributed by atoms with Crippen LogP contribution in [-0.2, 0) is 9.59 Å². The van der Waals surface area contributed by atoms with E-state index >= 15 is 0 Å². The van der Waals surface area contributed by atoms with Gasteiger partial charge in [0.05, 0.1) is 6.42 Å². The second-order valence-electron chi connectivity index (χ2n) is 6.07. The van der Waals surface area contributed by atoms with Gasteiger partial charge in [-0.15, -0.1) is 0 Å². The third-order valence-electron chi connectivity index (χ3n) is 3.77. The third-order valence-corrected chi connectivity index (χ3v) is 3.77. The Labute approximate surface area is 156 Å². The molecule has 0 fully saturated rings. The van der Waals surface area contributed by atoms with Gasteiger partial charge in [-0.3, -0.25) is 14.9 Å². The van der Waals surface area contributed by atoms with Gasteiger partial charge >= 0.3 is 0 Å². The number of anilines is 2. The van der Waals surface area contributed by atoms with Gasteiger partial charge in [0.2, 0.25) is 17.8 Å². The van der Waals surface area contributed by atoms with Crippen molar-refractivity contribution in [2.75, 3.05) is 10.6 Å². The molecule has 5 N–H and O–H groups in total. The van der Waals surface area contributed by atoms with Crippen LogP contribution >= 0.6 is 0 Å². The molecule has 0 radical (unpaired) electrons. The molecule has 0 aromatic heterocycles. The van der Waals surface area contributed by atoms with E-state index in [1.807, 2.05) is 55.5 Å². The van der Waals surface area contributed by atoms with E-state index in [9.17, 15) is 9.59 Å². The second-order valence-corrected chi connectivity index (χ2v) is 6.07. The third kappa shape index (κ3) is 5.15. The van der Waals surface area contributed by atoms with Gasteiger partial charge in [0, 0.05) is 11.4 Å². The number of hydrogen-bond acceptors (Lipinski definition) is 4. The highest BCUT2D eigenvalue weighted by Gasteiger charge is 2.28. The largest absolute Gasteiger partial charge is 0.369 e. The number of amides is 2. The van der Waals surface area contributed by atoms with Gasteiger partial charge in [-0.2, -0.15) is 4.99 Å². The summed E-state index contributed by atoms with van der Waals surface area (Å²) in [7, 11) is 0. The number of nitrogens with two attached hydrogens (primary N) is 1. The lowest BCUT2D eigenvalue weighted by Gasteiger charge is -2.07. The molecule has 0 unspecified atom stereocenters. The number of nitrogens with zero attached hydrogens (tertiary/aromatic N) is 2. The molecule has 0 saturated heterocycles. The van der Waals surface area contributed by atoms with Crippen LogP contribution in [0.15, 0.2) is 64.6 Å². The van der Waals surface area contributed by atoms with Gasteiger partial charge in [-0.25, -0.2) is 4.99 Å². The van der Waals surface area contributed by atoms with E-state index in [0.717, 1.165) is 11.3 Å². The van der Waals surface area contributed by atoms with E-state index in [-0.39, 0.29) is 30.2 Å². The van der Waals surface area contributed by atoms with Crippen molar-refractivity contribution < 1.29 is 9.59 Å². The number of aliphatic imine (C=N–C) groups is 2. The summed E-state index contributed by atoms with van der Waals surface area (Å²) < 4.78 is 0. The van der Waals surface area contributed by atoms with Gasteiger partial charge in [0.1, 0.15) is 6.04 Å². The number of carbonyl (C=O) groups excluding carboxylic acids is 2. The van der Waals surface area contributed by atoms with Crippen LogP contribution in [0.1, 0.15) is 12.0 Å². The number of aryl methyl sites for hydroxylation is 1. The number of hydrogen-bond donors (Lipinski definition) is 4. The molecule has 2 aromatic carbocycles. The first-order chi connectivity index (χ1) is 13.0. The zero-order valence-electron chi connectivity index (χ0n) is 14.8. The Morgan fingerprint density at radius 1 is 1.15 bits per heavy atom. The number of rotatable bonds is 4. The molecular weight excluding hydrogens is 344 g/mol. The van der Waals surface area contributed by atoms with Gasteiger partial charge in [-0.05, 0) is 36.8 Å². The van der Waals surface area contributed by atoms with Gasteiger partial charge < -0.3 is 16.4 Å². The topological polar surface area (TPSA) is 121 Å². The van der Waals surface area contributed by atoms with Crippen molar-refractivity contribution in [3.63, 3.8) is 0 Å². The Hall–Kier alpha value is -3.68. The first kappa shape index (κ1) is 18.1. The van der Waals surface area contributed by atoms with Crippen molar-refractivity contribution in [2.24, 2.45) is 15.7 Å². The predicted molar refractivity (Wildman–Crippen MR) is 105 cm³/mol. The van der Waals surface area contributed by atoms with Crippen LogP contribution in [0.25, 0.3) is 0 Å². The van der Waals surface area contributed by atoms with E-state index in [4.69, 9.17) is 5.73 Å². The van der Waals surface area contributed by atoms with Crippen molar-refractivity contribution in [3.05, 3.63) is 60.2 Å². The zero-order valence-corrected chi connectivity index (χ0v) is 14.8. The second kappa shape index (κ2) is 8.13. The SMILES string of the molecule is Cc1cccc(NC(=O)C[C@H]2N=C(N=C(N)Nc3ccccc3)NC2=O)c1. The van der Waals surface area contributed by atoms with Crippen LogP contribution in [-0.4, -0.2) is 29.8 Å². The minimum atomic E-state index is -0.835. The number of guanidine groups is 2. The molecule has 2 aromatic rings. The molecule has 2 amide bonds. The molecular formula is C19H20N6O2. The molecule has 1 heterocycles. The quantitative estimate of drug-likeness (QED) is 0.486. The standard InChI is InChI=1S/C19H20N6O2/c1-12-6-5-9-14(10-12)21-16(26)11-15-17(27)24-19(23-15)25-18(20)22-13-7-3-2-4-8-13/h2-10,15H,11H2,1H3,(H,21,26)(H4,20,22,23,24,25,27)/t15-/m1/s1. The lowest BCUT2D eigenvalue weighted by Crippen LogP contribution is -2.32. The van der Waals surface area contributed by atoms with Crippen molar-refractivity contribution in [2.45, 2.75) is 19.4 Å². The number of para-hydroxylation sites is 1. The Bertz CT molecular complexity index is 907. The predicted octanol–water partition coefficient (Wildman–Crippen LogP) is 1.60. The summed E-state index contributed by atoms with van der Waals surface area (Å²) in [6, 6.07) is 15.8. The molecule has 8 heteroatoms. The smallest absolute Gasteiger partial charge is 0.252 e. The van der Waals surface area contributed by atoms with Crippen molar-refractivity contribution in [1.82, 2.24) is 5.32 Å². The Morgan fingerprint density at radius 3 is 2.63 bits per heavy atom. The highest BCUT2D eigenvalue weighted by atomic mass is 16.2.